The van der Waals surface area contributed by atoms with Crippen LogP contribution in [0.4, 0.5) is 32.0 Å². The van der Waals surface area contributed by atoms with Crippen molar-refractivity contribution in [3.8, 4) is 0 Å². The van der Waals surface area contributed by atoms with Gasteiger partial charge in [-0.15, -0.1) is 0 Å². The highest BCUT2D eigenvalue weighted by atomic mass is 19.4. The third kappa shape index (κ3) is 6.95. The predicted molar refractivity (Wildman–Crippen MR) is 117 cm³/mol. The van der Waals surface area contributed by atoms with Gasteiger partial charge in [-0.2, -0.15) is 26.3 Å². The molecule has 3 rings (SSSR count). The molecule has 1 saturated heterocycles. The number of alkyl halides is 6. The van der Waals surface area contributed by atoms with Crippen LogP contribution in [0.1, 0.15) is 48.0 Å². The topological polar surface area (TPSA) is 106 Å². The number of hydrogen-bond acceptors (Lipinski definition) is 7. The summed E-state index contributed by atoms with van der Waals surface area (Å²) in [4.78, 5) is 52.7. The van der Waals surface area contributed by atoms with E-state index in [4.69, 9.17) is 0 Å². The second-order valence-corrected chi connectivity index (χ2v) is 8.33. The molecule has 1 aliphatic rings. The van der Waals surface area contributed by atoms with E-state index in [0.29, 0.717) is 25.1 Å². The molecule has 1 N–H and O–H groups in total. The largest absolute Gasteiger partial charge is 0.491 e. The molecule has 0 spiro atoms. The number of nitrogens with one attached hydrogen (secondary N) is 1. The van der Waals surface area contributed by atoms with Gasteiger partial charge in [0.15, 0.2) is 0 Å². The summed E-state index contributed by atoms with van der Waals surface area (Å²) in [5, 5.41) is 2.61. The maximum absolute atomic E-state index is 13.2. The lowest BCUT2D eigenvalue weighted by Crippen LogP contribution is -2.39. The molecule has 1 atom stereocenters. The quantitative estimate of drug-likeness (QED) is 0.249. The fourth-order valence-corrected chi connectivity index (χ4v) is 3.96. The zero-order valence-corrected chi connectivity index (χ0v) is 19.1. The highest BCUT2D eigenvalue weighted by molar-refractivity contribution is 6.07. The SMILES string of the molecule is O=CCC(CC(=O)OC(=O)C(F)(F)F)NC(=O)c1cnc2cc(C(F)(F)F)ccc2c1N1CCCCC1. The van der Waals surface area contributed by atoms with Crippen molar-refractivity contribution in [2.24, 2.45) is 0 Å². The first-order valence-corrected chi connectivity index (χ1v) is 11.1. The van der Waals surface area contributed by atoms with Gasteiger partial charge in [0.1, 0.15) is 6.29 Å². The second kappa shape index (κ2) is 11.1. The number of fused-ring (bicyclic) bond motifs is 1. The number of ether oxygens (including phenoxy) is 1. The summed E-state index contributed by atoms with van der Waals surface area (Å²) >= 11 is 0. The van der Waals surface area contributed by atoms with Gasteiger partial charge in [-0.3, -0.25) is 14.6 Å². The van der Waals surface area contributed by atoms with E-state index in [2.05, 4.69) is 15.0 Å². The van der Waals surface area contributed by atoms with Crippen molar-refractivity contribution in [1.82, 2.24) is 10.3 Å². The number of halogens is 6. The number of piperidine rings is 1. The number of amides is 1. The fraction of sp³-hybridized carbons (Fsp3) is 0.435. The smallest absolute Gasteiger partial charge is 0.386 e. The van der Waals surface area contributed by atoms with Gasteiger partial charge in [0, 0.05) is 37.1 Å². The molecule has 1 fully saturated rings. The number of esters is 2. The molecule has 200 valence electrons. The Labute approximate surface area is 205 Å². The van der Waals surface area contributed by atoms with Gasteiger partial charge in [-0.1, -0.05) is 6.07 Å². The van der Waals surface area contributed by atoms with Gasteiger partial charge in [0.05, 0.1) is 28.8 Å². The van der Waals surface area contributed by atoms with E-state index in [1.807, 2.05) is 4.90 Å². The number of aldehydes is 1. The normalized spacial score (nSPS) is 15.2. The van der Waals surface area contributed by atoms with E-state index in [-0.39, 0.29) is 16.5 Å². The standard InChI is InChI=1S/C23H21F6N3O5/c24-22(25,26)13-4-5-15-17(10-13)30-12-16(19(15)32-7-2-1-3-8-32)20(35)31-14(6-9-33)11-18(34)37-21(36)23(27,28)29/h4-5,9-10,12,14H,1-3,6-8,11H2,(H,31,35). The Morgan fingerprint density at radius 3 is 2.35 bits per heavy atom. The highest BCUT2D eigenvalue weighted by Crippen LogP contribution is 2.36. The van der Waals surface area contributed by atoms with Crippen molar-refractivity contribution in [2.45, 2.75) is 50.5 Å². The first kappa shape index (κ1) is 27.9. The molecular weight excluding hydrogens is 512 g/mol. The Hall–Kier alpha value is -3.71. The number of aromatic nitrogens is 1. The number of carbonyl (C=O) groups is 4. The summed E-state index contributed by atoms with van der Waals surface area (Å²) in [5.74, 6) is -5.21. The molecule has 0 saturated carbocycles. The molecule has 37 heavy (non-hydrogen) atoms. The third-order valence-electron chi connectivity index (χ3n) is 5.65. The number of nitrogens with zero attached hydrogens (tertiary/aromatic N) is 2. The summed E-state index contributed by atoms with van der Waals surface area (Å²) < 4.78 is 80.3. The van der Waals surface area contributed by atoms with Crippen LogP contribution in [0, 0.1) is 0 Å². The number of anilines is 1. The zero-order chi connectivity index (χ0) is 27.4. The average Bonchev–Trinajstić information content (AvgIpc) is 2.82. The van der Waals surface area contributed by atoms with Gasteiger partial charge in [-0.05, 0) is 31.4 Å². The predicted octanol–water partition coefficient (Wildman–Crippen LogP) is 3.95. The summed E-state index contributed by atoms with van der Waals surface area (Å²) in [6.07, 6.45) is -7.61. The minimum absolute atomic E-state index is 0.00868. The monoisotopic (exact) mass is 533 g/mol. The molecule has 0 aliphatic carbocycles. The number of rotatable bonds is 7. The van der Waals surface area contributed by atoms with Crippen molar-refractivity contribution >= 4 is 40.7 Å². The first-order chi connectivity index (χ1) is 17.3. The van der Waals surface area contributed by atoms with Gasteiger partial charge >= 0.3 is 24.3 Å². The summed E-state index contributed by atoms with van der Waals surface area (Å²) in [6.45, 7) is 1.01. The lowest BCUT2D eigenvalue weighted by Gasteiger charge is -2.31. The third-order valence-corrected chi connectivity index (χ3v) is 5.65. The van der Waals surface area contributed by atoms with Crippen LogP contribution in [0.15, 0.2) is 24.4 Å². The van der Waals surface area contributed by atoms with Gasteiger partial charge in [0.25, 0.3) is 5.91 Å². The van der Waals surface area contributed by atoms with Crippen LogP contribution in [0.3, 0.4) is 0 Å². The maximum Gasteiger partial charge on any atom is 0.491 e. The Morgan fingerprint density at radius 1 is 1.08 bits per heavy atom. The van der Waals surface area contributed by atoms with Crippen molar-refractivity contribution in [2.75, 3.05) is 18.0 Å². The lowest BCUT2D eigenvalue weighted by molar-refractivity contribution is -0.202. The maximum atomic E-state index is 13.2. The molecule has 8 nitrogen and oxygen atoms in total. The number of carbonyl (C=O) groups excluding carboxylic acids is 4. The van der Waals surface area contributed by atoms with Crippen LogP contribution in [0.2, 0.25) is 0 Å². The summed E-state index contributed by atoms with van der Waals surface area (Å²) in [6, 6.07) is 1.60. The van der Waals surface area contributed by atoms with Crippen LogP contribution >= 0.6 is 0 Å². The van der Waals surface area contributed by atoms with Crippen molar-refractivity contribution < 1.29 is 50.3 Å². The van der Waals surface area contributed by atoms with E-state index in [9.17, 15) is 45.5 Å². The fourth-order valence-electron chi connectivity index (χ4n) is 3.96. The first-order valence-electron chi connectivity index (χ1n) is 11.1. The van der Waals surface area contributed by atoms with Crippen LogP contribution in [-0.4, -0.2) is 54.4 Å². The van der Waals surface area contributed by atoms with Crippen molar-refractivity contribution in [1.29, 1.82) is 0 Å². The number of hydrogen-bond donors (Lipinski definition) is 1. The molecular formula is C23H21F6N3O5. The molecule has 0 bridgehead atoms. The molecule has 1 unspecified atom stereocenters. The molecule has 1 amide bonds. The molecule has 1 aromatic carbocycles. The van der Waals surface area contributed by atoms with Crippen molar-refractivity contribution in [3.63, 3.8) is 0 Å². The molecule has 2 heterocycles. The van der Waals surface area contributed by atoms with E-state index >= 15 is 0 Å². The molecule has 0 radical (unpaired) electrons. The van der Waals surface area contributed by atoms with Crippen LogP contribution in [0.25, 0.3) is 10.9 Å². The van der Waals surface area contributed by atoms with Crippen LogP contribution in [-0.2, 0) is 25.3 Å². The Bertz CT molecular complexity index is 1190. The summed E-state index contributed by atoms with van der Waals surface area (Å²) in [7, 11) is 0. The molecule has 14 heteroatoms. The van der Waals surface area contributed by atoms with Crippen molar-refractivity contribution in [3.05, 3.63) is 35.5 Å². The lowest BCUT2D eigenvalue weighted by atomic mass is 10.0. The Kier molecular flexibility index (Phi) is 8.39. The minimum Gasteiger partial charge on any atom is -0.386 e. The van der Waals surface area contributed by atoms with Gasteiger partial charge < -0.3 is 19.7 Å². The second-order valence-electron chi connectivity index (χ2n) is 8.33. The molecule has 2 aromatic rings. The Morgan fingerprint density at radius 2 is 1.76 bits per heavy atom. The van der Waals surface area contributed by atoms with E-state index < -0.39 is 54.6 Å². The van der Waals surface area contributed by atoms with Gasteiger partial charge in [0.2, 0.25) is 0 Å². The minimum atomic E-state index is -5.41. The highest BCUT2D eigenvalue weighted by Gasteiger charge is 2.42. The summed E-state index contributed by atoms with van der Waals surface area (Å²) in [5.41, 5.74) is -0.696. The van der Waals surface area contributed by atoms with E-state index in [1.165, 1.54) is 6.07 Å². The van der Waals surface area contributed by atoms with Crippen LogP contribution in [0.5, 0.6) is 0 Å². The number of benzene rings is 1. The average molecular weight is 533 g/mol. The van der Waals surface area contributed by atoms with Gasteiger partial charge in [-0.25, -0.2) is 4.79 Å². The molecule has 1 aromatic heterocycles. The van der Waals surface area contributed by atoms with E-state index in [1.54, 1.807) is 0 Å². The van der Waals surface area contributed by atoms with Crippen LogP contribution < -0.4 is 10.2 Å². The number of pyridine rings is 1. The zero-order valence-electron chi connectivity index (χ0n) is 19.1. The molecule has 1 aliphatic heterocycles. The Balaban J connectivity index is 1.92. The van der Waals surface area contributed by atoms with E-state index in [0.717, 1.165) is 37.6 Å².